The molecule has 1 aliphatic carbocycles. The van der Waals surface area contributed by atoms with E-state index < -0.39 is 0 Å². The second-order valence-electron chi connectivity index (χ2n) is 5.37. The summed E-state index contributed by atoms with van der Waals surface area (Å²) < 4.78 is 6.95. The molecule has 2 nitrogen and oxygen atoms in total. The van der Waals surface area contributed by atoms with Gasteiger partial charge in [-0.25, -0.2) is 0 Å². The van der Waals surface area contributed by atoms with Crippen molar-refractivity contribution in [2.75, 3.05) is 6.61 Å². The van der Waals surface area contributed by atoms with E-state index in [9.17, 15) is 0 Å². The minimum Gasteiger partial charge on any atom is -0.493 e. The topological polar surface area (TPSA) is 21.3 Å². The quantitative estimate of drug-likeness (QED) is 0.884. The molecule has 1 saturated carbocycles. The fraction of sp³-hybridized carbons (Fsp3) is 0.600. The molecular formula is C15H20BrNO. The number of hydrogen-bond acceptors (Lipinski definition) is 2. The van der Waals surface area contributed by atoms with Crippen LogP contribution in [0.1, 0.15) is 50.1 Å². The van der Waals surface area contributed by atoms with Crippen LogP contribution in [0.2, 0.25) is 0 Å². The molecule has 2 aliphatic rings. The van der Waals surface area contributed by atoms with Crippen molar-refractivity contribution in [1.29, 1.82) is 0 Å². The smallest absolute Gasteiger partial charge is 0.125 e. The van der Waals surface area contributed by atoms with E-state index in [-0.39, 0.29) is 0 Å². The largest absolute Gasteiger partial charge is 0.493 e. The van der Waals surface area contributed by atoms with Crippen molar-refractivity contribution < 1.29 is 4.74 Å². The number of halogens is 1. The van der Waals surface area contributed by atoms with Crippen LogP contribution in [0.25, 0.3) is 0 Å². The van der Waals surface area contributed by atoms with Crippen LogP contribution in [0, 0.1) is 0 Å². The van der Waals surface area contributed by atoms with Crippen molar-refractivity contribution in [3.63, 3.8) is 0 Å². The molecule has 1 aliphatic heterocycles. The van der Waals surface area contributed by atoms with Gasteiger partial charge in [-0.2, -0.15) is 0 Å². The zero-order chi connectivity index (χ0) is 12.4. The summed E-state index contributed by atoms with van der Waals surface area (Å²) >= 11 is 3.52. The summed E-state index contributed by atoms with van der Waals surface area (Å²) in [6.45, 7) is 0.840. The zero-order valence-electron chi connectivity index (χ0n) is 10.6. The molecule has 3 rings (SSSR count). The number of nitrogens with one attached hydrogen (secondary N) is 1. The number of ether oxygens (including phenoxy) is 1. The first-order valence-electron chi connectivity index (χ1n) is 7.01. The van der Waals surface area contributed by atoms with Crippen molar-refractivity contribution in [3.05, 3.63) is 28.2 Å². The highest BCUT2D eigenvalue weighted by atomic mass is 79.9. The molecule has 18 heavy (non-hydrogen) atoms. The van der Waals surface area contributed by atoms with E-state index in [1.165, 1.54) is 37.7 Å². The van der Waals surface area contributed by atoms with E-state index in [0.717, 1.165) is 23.2 Å². The Labute approximate surface area is 117 Å². The first-order chi connectivity index (χ1) is 8.83. The Morgan fingerprint density at radius 3 is 2.78 bits per heavy atom. The SMILES string of the molecule is Brc1ccc2c(c1)OCCCC2NC1CCCC1. The Morgan fingerprint density at radius 2 is 1.94 bits per heavy atom. The van der Waals surface area contributed by atoms with Gasteiger partial charge < -0.3 is 10.1 Å². The number of fused-ring (bicyclic) bond motifs is 1. The lowest BCUT2D eigenvalue weighted by atomic mass is 10.0. The lowest BCUT2D eigenvalue weighted by molar-refractivity contribution is 0.314. The first-order valence-corrected chi connectivity index (χ1v) is 7.80. The third-order valence-corrected chi connectivity index (χ3v) is 4.53. The van der Waals surface area contributed by atoms with Crippen molar-refractivity contribution >= 4 is 15.9 Å². The predicted molar refractivity (Wildman–Crippen MR) is 77.0 cm³/mol. The van der Waals surface area contributed by atoms with E-state index in [2.05, 4.69) is 39.4 Å². The maximum atomic E-state index is 5.85. The van der Waals surface area contributed by atoms with Gasteiger partial charge in [0.1, 0.15) is 5.75 Å². The number of benzene rings is 1. The summed E-state index contributed by atoms with van der Waals surface area (Å²) in [6.07, 6.45) is 7.76. The monoisotopic (exact) mass is 309 g/mol. The molecule has 1 N–H and O–H groups in total. The number of hydrogen-bond donors (Lipinski definition) is 1. The number of rotatable bonds is 2. The average Bonchev–Trinajstić information content (AvgIpc) is 2.79. The molecule has 0 bridgehead atoms. The molecule has 0 saturated heterocycles. The van der Waals surface area contributed by atoms with Crippen molar-refractivity contribution in [2.45, 2.75) is 50.6 Å². The van der Waals surface area contributed by atoms with E-state index in [0.29, 0.717) is 12.1 Å². The molecule has 1 heterocycles. The Bertz CT molecular complexity index is 415. The van der Waals surface area contributed by atoms with Crippen LogP contribution in [-0.4, -0.2) is 12.6 Å². The van der Waals surface area contributed by atoms with Crippen molar-refractivity contribution in [3.8, 4) is 5.75 Å². The lowest BCUT2D eigenvalue weighted by Crippen LogP contribution is -2.30. The summed E-state index contributed by atoms with van der Waals surface area (Å²) in [6, 6.07) is 7.61. The van der Waals surface area contributed by atoms with Crippen LogP contribution in [0.4, 0.5) is 0 Å². The highest BCUT2D eigenvalue weighted by molar-refractivity contribution is 9.10. The summed E-state index contributed by atoms with van der Waals surface area (Å²) in [4.78, 5) is 0. The summed E-state index contributed by atoms with van der Waals surface area (Å²) in [5.41, 5.74) is 1.34. The predicted octanol–water partition coefficient (Wildman–Crippen LogP) is 4.20. The van der Waals surface area contributed by atoms with Gasteiger partial charge in [0.05, 0.1) is 6.61 Å². The Morgan fingerprint density at radius 1 is 1.11 bits per heavy atom. The molecule has 98 valence electrons. The van der Waals surface area contributed by atoms with Gasteiger partial charge in [-0.05, 0) is 37.8 Å². The van der Waals surface area contributed by atoms with Crippen molar-refractivity contribution in [2.24, 2.45) is 0 Å². The minimum absolute atomic E-state index is 0.471. The van der Waals surface area contributed by atoms with Gasteiger partial charge >= 0.3 is 0 Å². The third-order valence-electron chi connectivity index (χ3n) is 4.04. The van der Waals surface area contributed by atoms with E-state index in [1.807, 2.05) is 0 Å². The van der Waals surface area contributed by atoms with Gasteiger partial charge in [-0.1, -0.05) is 34.8 Å². The molecular weight excluding hydrogens is 290 g/mol. The minimum atomic E-state index is 0.471. The summed E-state index contributed by atoms with van der Waals surface area (Å²) in [7, 11) is 0. The van der Waals surface area contributed by atoms with Gasteiger partial charge in [0, 0.05) is 22.1 Å². The molecule has 1 unspecified atom stereocenters. The molecule has 0 aromatic heterocycles. The van der Waals surface area contributed by atoms with Crippen LogP contribution >= 0.6 is 15.9 Å². The maximum absolute atomic E-state index is 5.85. The highest BCUT2D eigenvalue weighted by Crippen LogP contribution is 2.35. The lowest BCUT2D eigenvalue weighted by Gasteiger charge is -2.22. The molecule has 0 amide bonds. The first kappa shape index (κ1) is 12.5. The molecule has 0 radical (unpaired) electrons. The van der Waals surface area contributed by atoms with Crippen LogP contribution < -0.4 is 10.1 Å². The Kier molecular flexibility index (Phi) is 3.90. The van der Waals surface area contributed by atoms with Crippen LogP contribution in [0.15, 0.2) is 22.7 Å². The average molecular weight is 310 g/mol. The second-order valence-corrected chi connectivity index (χ2v) is 6.29. The molecule has 1 fully saturated rings. The van der Waals surface area contributed by atoms with E-state index in [1.54, 1.807) is 0 Å². The summed E-state index contributed by atoms with van der Waals surface area (Å²) in [5, 5.41) is 3.84. The standard InChI is InChI=1S/C15H20BrNO/c16-11-7-8-13-14(17-12-4-1-2-5-12)6-3-9-18-15(13)10-11/h7-8,10,12,14,17H,1-6,9H2. The van der Waals surface area contributed by atoms with Crippen molar-refractivity contribution in [1.82, 2.24) is 5.32 Å². The third kappa shape index (κ3) is 2.72. The normalized spacial score (nSPS) is 24.4. The highest BCUT2D eigenvalue weighted by Gasteiger charge is 2.24. The molecule has 3 heteroatoms. The van der Waals surface area contributed by atoms with Gasteiger partial charge in [-0.3, -0.25) is 0 Å². The van der Waals surface area contributed by atoms with Crippen LogP contribution in [-0.2, 0) is 0 Å². The molecule has 1 aromatic rings. The van der Waals surface area contributed by atoms with Gasteiger partial charge in [0.15, 0.2) is 0 Å². The Hall–Kier alpha value is -0.540. The molecule has 1 atom stereocenters. The fourth-order valence-electron chi connectivity index (χ4n) is 3.10. The van der Waals surface area contributed by atoms with Gasteiger partial charge in [-0.15, -0.1) is 0 Å². The van der Waals surface area contributed by atoms with E-state index >= 15 is 0 Å². The van der Waals surface area contributed by atoms with Crippen LogP contribution in [0.5, 0.6) is 5.75 Å². The second kappa shape index (κ2) is 5.62. The zero-order valence-corrected chi connectivity index (χ0v) is 12.2. The van der Waals surface area contributed by atoms with E-state index in [4.69, 9.17) is 4.74 Å². The summed E-state index contributed by atoms with van der Waals surface area (Å²) in [5.74, 6) is 1.05. The maximum Gasteiger partial charge on any atom is 0.125 e. The van der Waals surface area contributed by atoms with Gasteiger partial charge in [0.2, 0.25) is 0 Å². The van der Waals surface area contributed by atoms with Crippen LogP contribution in [0.3, 0.4) is 0 Å². The Balaban J connectivity index is 1.81. The fourth-order valence-corrected chi connectivity index (χ4v) is 3.44. The molecule has 0 spiro atoms. The van der Waals surface area contributed by atoms with Gasteiger partial charge in [0.25, 0.3) is 0 Å². The molecule has 1 aromatic carbocycles.